The van der Waals surface area contributed by atoms with Crippen molar-refractivity contribution in [2.24, 2.45) is 0 Å². The van der Waals surface area contributed by atoms with Crippen LogP contribution in [0.25, 0.3) is 0 Å². The zero-order valence-corrected chi connectivity index (χ0v) is 23.6. The van der Waals surface area contributed by atoms with E-state index in [1.807, 2.05) is 17.2 Å². The molecule has 0 spiro atoms. The lowest BCUT2D eigenvalue weighted by Crippen LogP contribution is -2.49. The summed E-state index contributed by atoms with van der Waals surface area (Å²) in [5, 5.41) is 9.27. The van der Waals surface area contributed by atoms with Crippen LogP contribution in [-0.4, -0.2) is 73.9 Å². The molecule has 3 aromatic rings. The molecule has 0 aliphatic carbocycles. The van der Waals surface area contributed by atoms with Gasteiger partial charge in [-0.25, -0.2) is 15.0 Å². The second kappa shape index (κ2) is 12.4. The van der Waals surface area contributed by atoms with Crippen molar-refractivity contribution in [2.75, 3.05) is 62.2 Å². The predicted molar refractivity (Wildman–Crippen MR) is 159 cm³/mol. The topological polar surface area (TPSA) is 78.0 Å². The number of hydrogen-bond acceptors (Lipinski definition) is 9. The highest BCUT2D eigenvalue weighted by Crippen LogP contribution is 2.36. The van der Waals surface area contributed by atoms with E-state index in [2.05, 4.69) is 79.9 Å². The van der Waals surface area contributed by atoms with Crippen LogP contribution in [0.1, 0.15) is 43.7 Å². The van der Waals surface area contributed by atoms with Gasteiger partial charge in [-0.2, -0.15) is 0 Å². The first-order valence-electron chi connectivity index (χ1n) is 14.6. The average molecular weight is 544 g/mol. The smallest absolute Gasteiger partial charge is 0.158 e. The summed E-state index contributed by atoms with van der Waals surface area (Å²) in [6.45, 7) is 5.16. The number of anilines is 4. The Balaban J connectivity index is 1.09. The molecule has 2 aromatic carbocycles. The number of likely N-dealkylation sites (tertiary alicyclic amines) is 1. The second-order valence-corrected chi connectivity index (χ2v) is 11.2. The Kier molecular flexibility index (Phi) is 8.32. The molecule has 3 aliphatic rings. The molecule has 0 bridgehead atoms. The summed E-state index contributed by atoms with van der Waals surface area (Å²) in [6.07, 6.45) is 7.34. The third-order valence-electron chi connectivity index (χ3n) is 8.47. The van der Waals surface area contributed by atoms with Gasteiger partial charge in [0.15, 0.2) is 5.82 Å². The lowest BCUT2D eigenvalue weighted by molar-refractivity contribution is 0.157. The molecule has 2 N–H and O–H groups in total. The minimum absolute atomic E-state index is 0.126. The van der Waals surface area contributed by atoms with Gasteiger partial charge in [0.2, 0.25) is 0 Å². The second-order valence-electron chi connectivity index (χ2n) is 11.2. The van der Waals surface area contributed by atoms with Crippen LogP contribution >= 0.6 is 0 Å². The highest BCUT2D eigenvalue weighted by Gasteiger charge is 2.29. The Labute approximate surface area is 237 Å². The van der Waals surface area contributed by atoms with Crippen LogP contribution in [0.3, 0.4) is 0 Å². The van der Waals surface area contributed by atoms with E-state index in [0.29, 0.717) is 24.5 Å². The molecule has 1 unspecified atom stereocenters. The van der Waals surface area contributed by atoms with Crippen molar-refractivity contribution in [3.05, 3.63) is 66.5 Å². The zero-order chi connectivity index (χ0) is 27.3. The van der Waals surface area contributed by atoms with Gasteiger partial charge in [-0.1, -0.05) is 30.3 Å². The van der Waals surface area contributed by atoms with E-state index < -0.39 is 0 Å². The molecule has 212 valence electrons. The molecular weight excluding hydrogens is 502 g/mol. The van der Waals surface area contributed by atoms with Crippen molar-refractivity contribution in [3.63, 3.8) is 0 Å². The minimum Gasteiger partial charge on any atom is -0.494 e. The van der Waals surface area contributed by atoms with Crippen molar-refractivity contribution in [1.29, 1.82) is 0 Å². The van der Waals surface area contributed by atoms with Crippen molar-refractivity contribution >= 4 is 23.0 Å². The molecule has 3 fully saturated rings. The van der Waals surface area contributed by atoms with Crippen LogP contribution < -0.4 is 25.3 Å². The molecule has 3 saturated heterocycles. The van der Waals surface area contributed by atoms with E-state index in [1.165, 1.54) is 50.0 Å². The van der Waals surface area contributed by atoms with Crippen LogP contribution in [0, 0.1) is 0 Å². The third kappa shape index (κ3) is 6.16. The van der Waals surface area contributed by atoms with Gasteiger partial charge in [0.25, 0.3) is 0 Å². The number of methoxy groups -OCH3 is 1. The Morgan fingerprint density at radius 1 is 0.875 bits per heavy atom. The summed E-state index contributed by atoms with van der Waals surface area (Å²) in [4.78, 5) is 19.9. The van der Waals surface area contributed by atoms with Gasteiger partial charge in [0.1, 0.15) is 17.9 Å². The molecule has 6 rings (SSSR count). The van der Waals surface area contributed by atoms with Crippen LogP contribution in [-0.2, 0) is 4.84 Å². The number of rotatable bonds is 8. The van der Waals surface area contributed by atoms with Gasteiger partial charge in [0, 0.05) is 49.4 Å². The molecule has 0 saturated carbocycles. The fourth-order valence-corrected chi connectivity index (χ4v) is 6.14. The molecule has 0 amide bonds. The number of ether oxygens (including phenoxy) is 1. The lowest BCUT2D eigenvalue weighted by Gasteiger charge is -2.38. The molecule has 9 heteroatoms. The molecule has 1 atom stereocenters. The average Bonchev–Trinajstić information content (AvgIpc) is 3.50. The van der Waals surface area contributed by atoms with E-state index in [0.717, 1.165) is 36.8 Å². The SMILES string of the molecule is COc1cc(N2CCC(NC3CCN(C)CC3)CC2)ccc1Nc1cc(N2OCCC2c2ccccc2)ncn1. The monoisotopic (exact) mass is 543 g/mol. The predicted octanol–water partition coefficient (Wildman–Crippen LogP) is 4.76. The zero-order valence-electron chi connectivity index (χ0n) is 23.6. The Morgan fingerprint density at radius 3 is 2.38 bits per heavy atom. The number of hydroxylamine groups is 1. The van der Waals surface area contributed by atoms with Gasteiger partial charge in [-0.05, 0) is 63.5 Å². The molecule has 9 nitrogen and oxygen atoms in total. The molecule has 0 radical (unpaired) electrons. The fraction of sp³-hybridized carbons (Fsp3) is 0.484. The maximum absolute atomic E-state index is 5.97. The fourth-order valence-electron chi connectivity index (χ4n) is 6.14. The summed E-state index contributed by atoms with van der Waals surface area (Å²) >= 11 is 0. The van der Waals surface area contributed by atoms with Crippen molar-refractivity contribution < 1.29 is 9.57 Å². The first kappa shape index (κ1) is 26.8. The summed E-state index contributed by atoms with van der Waals surface area (Å²) in [6, 6.07) is 20.1. The van der Waals surface area contributed by atoms with E-state index in [4.69, 9.17) is 9.57 Å². The Morgan fingerprint density at radius 2 is 1.62 bits per heavy atom. The number of aromatic nitrogens is 2. The first-order chi connectivity index (χ1) is 19.7. The normalized spacial score (nSPS) is 21.1. The number of hydrogen-bond donors (Lipinski definition) is 2. The van der Waals surface area contributed by atoms with Crippen LogP contribution in [0.4, 0.5) is 23.0 Å². The maximum atomic E-state index is 5.97. The number of benzene rings is 2. The summed E-state index contributed by atoms with van der Waals surface area (Å²) in [5.74, 6) is 2.22. The summed E-state index contributed by atoms with van der Waals surface area (Å²) in [5.41, 5.74) is 3.28. The van der Waals surface area contributed by atoms with Gasteiger partial charge in [-0.3, -0.25) is 4.84 Å². The van der Waals surface area contributed by atoms with Crippen molar-refractivity contribution in [3.8, 4) is 5.75 Å². The Hall–Kier alpha value is -3.40. The molecule has 4 heterocycles. The van der Waals surface area contributed by atoms with E-state index in [9.17, 15) is 0 Å². The van der Waals surface area contributed by atoms with Gasteiger partial charge < -0.3 is 25.2 Å². The summed E-state index contributed by atoms with van der Waals surface area (Å²) in [7, 11) is 3.94. The maximum Gasteiger partial charge on any atom is 0.158 e. The van der Waals surface area contributed by atoms with Crippen LogP contribution in [0.2, 0.25) is 0 Å². The third-order valence-corrected chi connectivity index (χ3v) is 8.47. The largest absolute Gasteiger partial charge is 0.494 e. The van der Waals surface area contributed by atoms with E-state index in [-0.39, 0.29) is 6.04 Å². The summed E-state index contributed by atoms with van der Waals surface area (Å²) < 4.78 is 5.80. The van der Waals surface area contributed by atoms with Crippen LogP contribution in [0.15, 0.2) is 60.9 Å². The highest BCUT2D eigenvalue weighted by molar-refractivity contribution is 5.70. The van der Waals surface area contributed by atoms with Gasteiger partial charge in [-0.15, -0.1) is 0 Å². The molecule has 3 aliphatic heterocycles. The lowest BCUT2D eigenvalue weighted by atomic mass is 9.99. The Bertz CT molecular complexity index is 1240. The molecule has 40 heavy (non-hydrogen) atoms. The first-order valence-corrected chi connectivity index (χ1v) is 14.6. The van der Waals surface area contributed by atoms with E-state index in [1.54, 1.807) is 13.4 Å². The van der Waals surface area contributed by atoms with Crippen molar-refractivity contribution in [2.45, 2.75) is 50.2 Å². The van der Waals surface area contributed by atoms with Gasteiger partial charge >= 0.3 is 0 Å². The van der Waals surface area contributed by atoms with Gasteiger partial charge in [0.05, 0.1) is 25.4 Å². The number of nitrogens with zero attached hydrogens (tertiary/aromatic N) is 5. The highest BCUT2D eigenvalue weighted by atomic mass is 16.7. The quantitative estimate of drug-likeness (QED) is 0.418. The number of nitrogens with one attached hydrogen (secondary N) is 2. The molecule has 1 aromatic heterocycles. The van der Waals surface area contributed by atoms with E-state index >= 15 is 0 Å². The molecular formula is C31H41N7O2. The van der Waals surface area contributed by atoms with Crippen molar-refractivity contribution in [1.82, 2.24) is 20.2 Å². The van der Waals surface area contributed by atoms with Crippen LogP contribution in [0.5, 0.6) is 5.75 Å². The standard InChI is InChI=1S/C31H41N7O2/c1-36-15-10-24(11-16-36)34-25-12-17-37(18-13-25)26-8-9-27(29(20-26)39-2)35-30-21-31(33-22-32-30)38-28(14-19-40-38)23-6-4-3-5-7-23/h3-9,20-22,24-25,28,34H,10-19H2,1-2H3,(H,32,33,35). The minimum atomic E-state index is 0.126. The number of piperidine rings is 2.